The summed E-state index contributed by atoms with van der Waals surface area (Å²) in [6.45, 7) is 4.25. The van der Waals surface area contributed by atoms with E-state index in [4.69, 9.17) is 14.2 Å². The molecule has 3 nitrogen and oxygen atoms in total. The van der Waals surface area contributed by atoms with Gasteiger partial charge < -0.3 is 14.2 Å². The highest BCUT2D eigenvalue weighted by atomic mass is 16.5. The Morgan fingerprint density at radius 2 is 1.26 bits per heavy atom. The molecule has 0 N–H and O–H groups in total. The molecule has 0 amide bonds. The van der Waals surface area contributed by atoms with Gasteiger partial charge in [-0.15, -0.1) is 0 Å². The number of hydrogen-bond acceptors (Lipinski definition) is 3. The van der Waals surface area contributed by atoms with Crippen LogP contribution in [0.2, 0.25) is 0 Å². The minimum absolute atomic E-state index is 0.837. The number of aryl methyl sites for hydroxylation is 1. The summed E-state index contributed by atoms with van der Waals surface area (Å²) in [5.41, 5.74) is 6.60. The van der Waals surface area contributed by atoms with Crippen LogP contribution in [0.1, 0.15) is 18.1 Å². The third-order valence-corrected chi connectivity index (χ3v) is 4.84. The molecule has 3 aromatic carbocycles. The summed E-state index contributed by atoms with van der Waals surface area (Å²) in [7, 11) is 5.08. The molecule has 0 bridgehead atoms. The van der Waals surface area contributed by atoms with E-state index in [1.165, 1.54) is 0 Å². The molecule has 27 heavy (non-hydrogen) atoms. The third kappa shape index (κ3) is 3.63. The van der Waals surface area contributed by atoms with Crippen molar-refractivity contribution in [3.63, 3.8) is 0 Å². The monoisotopic (exact) mass is 361 g/mol. The molecule has 0 saturated carbocycles. The average molecular weight is 361 g/mol. The quantitative estimate of drug-likeness (QED) is 0.562. The van der Waals surface area contributed by atoms with E-state index >= 15 is 0 Å². The number of benzene rings is 3. The van der Waals surface area contributed by atoms with Gasteiger partial charge in [0.05, 0.1) is 21.3 Å². The standard InChI is InChI=1S/C24H25O3/c1-6-17-15-22(18-7-11-20(25-3)12-8-18)16(2)23(24(17)27-5)19-9-13-21(26-4)14-10-19/h7-14H,6H2,1-5H3. The molecule has 0 saturated heterocycles. The molecule has 1 radical (unpaired) electrons. The van der Waals surface area contributed by atoms with Gasteiger partial charge in [0.15, 0.2) is 0 Å². The molecular formula is C24H25O3. The van der Waals surface area contributed by atoms with Gasteiger partial charge in [-0.2, -0.15) is 0 Å². The van der Waals surface area contributed by atoms with E-state index in [0.717, 1.165) is 57.1 Å². The summed E-state index contributed by atoms with van der Waals surface area (Å²) < 4.78 is 16.4. The van der Waals surface area contributed by atoms with E-state index in [0.29, 0.717) is 0 Å². The SMILES string of the molecule is CCc1[c]c(-c2ccc(OC)cc2)c(C)c(-c2ccc(OC)cc2)c1OC. The highest BCUT2D eigenvalue weighted by Crippen LogP contribution is 2.42. The van der Waals surface area contributed by atoms with Gasteiger partial charge in [-0.25, -0.2) is 0 Å². The number of hydrogen-bond donors (Lipinski definition) is 0. The first kappa shape index (κ1) is 18.8. The van der Waals surface area contributed by atoms with Crippen LogP contribution < -0.4 is 14.2 Å². The molecule has 0 aliphatic rings. The fourth-order valence-corrected chi connectivity index (χ4v) is 3.37. The van der Waals surface area contributed by atoms with E-state index in [2.05, 4.69) is 44.2 Å². The highest BCUT2D eigenvalue weighted by Gasteiger charge is 2.18. The Kier molecular flexibility index (Phi) is 5.70. The van der Waals surface area contributed by atoms with Gasteiger partial charge in [-0.3, -0.25) is 0 Å². The van der Waals surface area contributed by atoms with Crippen molar-refractivity contribution in [1.29, 1.82) is 0 Å². The molecule has 0 spiro atoms. The zero-order chi connectivity index (χ0) is 19.4. The molecule has 3 rings (SSSR count). The van der Waals surface area contributed by atoms with Gasteiger partial charge >= 0.3 is 0 Å². The first-order chi connectivity index (χ1) is 13.1. The largest absolute Gasteiger partial charge is 0.497 e. The van der Waals surface area contributed by atoms with E-state index in [9.17, 15) is 0 Å². The number of ether oxygens (including phenoxy) is 3. The maximum Gasteiger partial charge on any atom is 0.130 e. The number of methoxy groups -OCH3 is 3. The highest BCUT2D eigenvalue weighted by molar-refractivity contribution is 5.84. The lowest BCUT2D eigenvalue weighted by molar-refractivity contribution is 0.411. The summed E-state index contributed by atoms with van der Waals surface area (Å²) in [6, 6.07) is 19.8. The van der Waals surface area contributed by atoms with Crippen molar-refractivity contribution in [2.24, 2.45) is 0 Å². The molecule has 0 heterocycles. The molecule has 0 unspecified atom stereocenters. The van der Waals surface area contributed by atoms with Crippen LogP contribution in [0.4, 0.5) is 0 Å². The zero-order valence-corrected chi connectivity index (χ0v) is 16.6. The molecule has 0 atom stereocenters. The van der Waals surface area contributed by atoms with Crippen molar-refractivity contribution in [1.82, 2.24) is 0 Å². The van der Waals surface area contributed by atoms with Crippen molar-refractivity contribution in [3.05, 3.63) is 65.7 Å². The van der Waals surface area contributed by atoms with E-state index < -0.39 is 0 Å². The lowest BCUT2D eigenvalue weighted by Crippen LogP contribution is -2.00. The van der Waals surface area contributed by atoms with E-state index in [1.807, 2.05) is 24.3 Å². The van der Waals surface area contributed by atoms with E-state index in [-0.39, 0.29) is 0 Å². The van der Waals surface area contributed by atoms with Crippen LogP contribution in [-0.2, 0) is 6.42 Å². The maximum atomic E-state index is 5.80. The second-order valence-electron chi connectivity index (χ2n) is 6.32. The van der Waals surface area contributed by atoms with Gasteiger partial charge in [0, 0.05) is 11.1 Å². The molecule has 3 aromatic rings. The molecule has 139 valence electrons. The maximum absolute atomic E-state index is 5.80. The smallest absolute Gasteiger partial charge is 0.130 e. The second kappa shape index (κ2) is 8.17. The van der Waals surface area contributed by atoms with E-state index in [1.54, 1.807) is 21.3 Å². The molecule has 0 aliphatic heterocycles. The summed E-state index contributed by atoms with van der Waals surface area (Å²) in [6.07, 6.45) is 0.843. The molecule has 0 aliphatic carbocycles. The summed E-state index contributed by atoms with van der Waals surface area (Å²) in [5, 5.41) is 0. The zero-order valence-electron chi connectivity index (χ0n) is 16.6. The van der Waals surface area contributed by atoms with Crippen LogP contribution in [-0.4, -0.2) is 21.3 Å². The van der Waals surface area contributed by atoms with Crippen molar-refractivity contribution in [2.45, 2.75) is 20.3 Å². The summed E-state index contributed by atoms with van der Waals surface area (Å²) >= 11 is 0. The average Bonchev–Trinajstić information content (AvgIpc) is 2.73. The fraction of sp³-hybridized carbons (Fsp3) is 0.250. The van der Waals surface area contributed by atoms with Gasteiger partial charge in [-0.05, 0) is 65.9 Å². The fourth-order valence-electron chi connectivity index (χ4n) is 3.37. The van der Waals surface area contributed by atoms with Gasteiger partial charge in [0.2, 0.25) is 0 Å². The Morgan fingerprint density at radius 3 is 1.70 bits per heavy atom. The lowest BCUT2D eigenvalue weighted by atomic mass is 9.88. The first-order valence-corrected chi connectivity index (χ1v) is 9.04. The summed E-state index contributed by atoms with van der Waals surface area (Å²) in [4.78, 5) is 0. The van der Waals surface area contributed by atoms with Crippen LogP contribution in [0.5, 0.6) is 17.2 Å². The molecule has 3 heteroatoms. The van der Waals surface area contributed by atoms with Gasteiger partial charge in [0.1, 0.15) is 17.2 Å². The Labute approximate surface area is 161 Å². The first-order valence-electron chi connectivity index (χ1n) is 9.04. The topological polar surface area (TPSA) is 27.7 Å². The van der Waals surface area contributed by atoms with Gasteiger partial charge in [0.25, 0.3) is 0 Å². The van der Waals surface area contributed by atoms with Crippen molar-refractivity contribution >= 4 is 0 Å². The third-order valence-electron chi connectivity index (χ3n) is 4.84. The Balaban J connectivity index is 2.23. The van der Waals surface area contributed by atoms with Crippen molar-refractivity contribution in [2.75, 3.05) is 21.3 Å². The van der Waals surface area contributed by atoms with Crippen molar-refractivity contribution < 1.29 is 14.2 Å². The Hall–Kier alpha value is -2.94. The van der Waals surface area contributed by atoms with Crippen LogP contribution in [0.3, 0.4) is 0 Å². The molecular weight excluding hydrogens is 336 g/mol. The van der Waals surface area contributed by atoms with Crippen LogP contribution in [0, 0.1) is 13.0 Å². The molecule has 0 fully saturated rings. The minimum Gasteiger partial charge on any atom is -0.497 e. The van der Waals surface area contributed by atoms with Gasteiger partial charge in [-0.1, -0.05) is 31.2 Å². The minimum atomic E-state index is 0.837. The Morgan fingerprint density at radius 1 is 0.741 bits per heavy atom. The Bertz CT molecular complexity index is 910. The lowest BCUT2D eigenvalue weighted by Gasteiger charge is -2.20. The predicted octanol–water partition coefficient (Wildman–Crippen LogP) is 5.72. The normalized spacial score (nSPS) is 10.6. The van der Waals surface area contributed by atoms with Crippen molar-refractivity contribution in [3.8, 4) is 39.5 Å². The van der Waals surface area contributed by atoms with Crippen LogP contribution >= 0.6 is 0 Å². The van der Waals surface area contributed by atoms with Crippen LogP contribution in [0.15, 0.2) is 48.5 Å². The number of rotatable bonds is 6. The predicted molar refractivity (Wildman–Crippen MR) is 110 cm³/mol. The summed E-state index contributed by atoms with van der Waals surface area (Å²) in [5.74, 6) is 2.57. The molecule has 0 aromatic heterocycles. The second-order valence-corrected chi connectivity index (χ2v) is 6.32. The van der Waals surface area contributed by atoms with Crippen LogP contribution in [0.25, 0.3) is 22.3 Å².